The molecule has 1 atom stereocenters. The first-order chi connectivity index (χ1) is 13.5. The quantitative estimate of drug-likeness (QED) is 0.435. The van der Waals surface area contributed by atoms with Gasteiger partial charge in [0.2, 0.25) is 0 Å². The Balaban J connectivity index is 1.82. The Morgan fingerprint density at radius 1 is 1.00 bits per heavy atom. The number of carboxylic acids is 1. The van der Waals surface area contributed by atoms with E-state index in [1.165, 1.54) is 0 Å². The molecule has 0 heterocycles. The Morgan fingerprint density at radius 3 is 2.29 bits per heavy atom. The maximum Gasteiger partial charge on any atom is 0.336 e. The van der Waals surface area contributed by atoms with E-state index >= 15 is 0 Å². The number of benzene rings is 3. The molecule has 1 unspecified atom stereocenters. The Bertz CT molecular complexity index is 964. The molecule has 0 fully saturated rings. The van der Waals surface area contributed by atoms with E-state index in [4.69, 9.17) is 4.74 Å². The van der Waals surface area contributed by atoms with Crippen LogP contribution in [0.3, 0.4) is 0 Å². The zero-order valence-electron chi connectivity index (χ0n) is 16.0. The molecule has 0 aliphatic heterocycles. The van der Waals surface area contributed by atoms with Crippen LogP contribution in [0.25, 0.3) is 22.3 Å². The second kappa shape index (κ2) is 9.07. The number of aromatic carboxylic acids is 1. The number of rotatable bonds is 7. The van der Waals surface area contributed by atoms with Crippen LogP contribution in [0.1, 0.15) is 30.6 Å². The van der Waals surface area contributed by atoms with E-state index < -0.39 is 5.97 Å². The Kier molecular flexibility index (Phi) is 6.53. The molecular formula is C24H23BrO3. The van der Waals surface area contributed by atoms with Gasteiger partial charge in [0, 0.05) is 0 Å². The van der Waals surface area contributed by atoms with Crippen LogP contribution < -0.4 is 4.74 Å². The minimum absolute atomic E-state index is 0.306. The highest BCUT2D eigenvalue weighted by molar-refractivity contribution is 9.10. The van der Waals surface area contributed by atoms with Gasteiger partial charge < -0.3 is 9.84 Å². The SMILES string of the molecule is CCC(C)COc1ccc(-c2ccc(-c3ccccc3C(=O)O)cc2)cc1Br. The smallest absolute Gasteiger partial charge is 0.336 e. The minimum atomic E-state index is -0.920. The van der Waals surface area contributed by atoms with Crippen LogP contribution in [0, 0.1) is 5.92 Å². The third-order valence-electron chi connectivity index (χ3n) is 4.84. The van der Waals surface area contributed by atoms with Crippen molar-refractivity contribution >= 4 is 21.9 Å². The van der Waals surface area contributed by atoms with Gasteiger partial charge in [-0.1, -0.05) is 68.8 Å². The second-order valence-corrected chi connectivity index (χ2v) is 7.75. The van der Waals surface area contributed by atoms with Gasteiger partial charge >= 0.3 is 5.97 Å². The van der Waals surface area contributed by atoms with Crippen LogP contribution in [0.2, 0.25) is 0 Å². The summed E-state index contributed by atoms with van der Waals surface area (Å²) in [6.45, 7) is 5.03. The van der Waals surface area contributed by atoms with Crippen LogP contribution >= 0.6 is 15.9 Å². The summed E-state index contributed by atoms with van der Waals surface area (Å²) in [7, 11) is 0. The van der Waals surface area contributed by atoms with Crippen molar-refractivity contribution in [2.45, 2.75) is 20.3 Å². The van der Waals surface area contributed by atoms with E-state index in [1.807, 2.05) is 54.6 Å². The van der Waals surface area contributed by atoms with Crippen LogP contribution in [-0.2, 0) is 0 Å². The predicted octanol–water partition coefficient (Wildman–Crippen LogP) is 6.91. The number of carbonyl (C=O) groups is 1. The molecule has 0 saturated carbocycles. The van der Waals surface area contributed by atoms with E-state index in [9.17, 15) is 9.90 Å². The van der Waals surface area contributed by atoms with Crippen molar-refractivity contribution in [3.8, 4) is 28.0 Å². The molecule has 28 heavy (non-hydrogen) atoms. The average molecular weight is 439 g/mol. The highest BCUT2D eigenvalue weighted by Gasteiger charge is 2.11. The Hall–Kier alpha value is -2.59. The molecular weight excluding hydrogens is 416 g/mol. The van der Waals surface area contributed by atoms with Gasteiger partial charge in [0.25, 0.3) is 0 Å². The lowest BCUT2D eigenvalue weighted by atomic mass is 9.97. The average Bonchev–Trinajstić information content (AvgIpc) is 2.72. The standard InChI is InChI=1S/C24H23BrO3/c1-3-16(2)15-28-23-13-12-19(14-22(23)25)17-8-10-18(11-9-17)20-6-4-5-7-21(20)24(26)27/h4-14,16H,3,15H2,1-2H3,(H,26,27). The molecule has 3 aromatic rings. The van der Waals surface area contributed by atoms with Gasteiger partial charge in [-0.3, -0.25) is 0 Å². The third-order valence-corrected chi connectivity index (χ3v) is 5.46. The zero-order chi connectivity index (χ0) is 20.1. The maximum atomic E-state index is 11.5. The summed E-state index contributed by atoms with van der Waals surface area (Å²) in [5, 5.41) is 9.39. The van der Waals surface area contributed by atoms with Gasteiger partial charge in [-0.25, -0.2) is 4.79 Å². The Labute approximate surface area is 174 Å². The van der Waals surface area contributed by atoms with Gasteiger partial charge in [-0.15, -0.1) is 0 Å². The highest BCUT2D eigenvalue weighted by atomic mass is 79.9. The summed E-state index contributed by atoms with van der Waals surface area (Å²) < 4.78 is 6.82. The van der Waals surface area contributed by atoms with Gasteiger partial charge in [0.05, 0.1) is 16.6 Å². The fourth-order valence-electron chi connectivity index (χ4n) is 2.91. The molecule has 0 radical (unpaired) electrons. The van der Waals surface area contributed by atoms with E-state index in [-0.39, 0.29) is 0 Å². The predicted molar refractivity (Wildman–Crippen MR) is 117 cm³/mol. The summed E-state index contributed by atoms with van der Waals surface area (Å²) in [6, 6.07) is 21.0. The van der Waals surface area contributed by atoms with Gasteiger partial charge in [-0.05, 0) is 62.3 Å². The van der Waals surface area contributed by atoms with Crippen molar-refractivity contribution in [3.63, 3.8) is 0 Å². The summed E-state index contributed by atoms with van der Waals surface area (Å²) in [5.74, 6) is 0.445. The van der Waals surface area contributed by atoms with Gasteiger partial charge in [0.1, 0.15) is 5.75 Å². The van der Waals surface area contributed by atoms with Crippen molar-refractivity contribution in [1.82, 2.24) is 0 Å². The van der Waals surface area contributed by atoms with Crippen molar-refractivity contribution < 1.29 is 14.6 Å². The van der Waals surface area contributed by atoms with E-state index in [1.54, 1.807) is 12.1 Å². The van der Waals surface area contributed by atoms with Crippen molar-refractivity contribution in [3.05, 3.63) is 76.8 Å². The molecule has 1 N–H and O–H groups in total. The summed E-state index contributed by atoms with van der Waals surface area (Å²) in [6.07, 6.45) is 1.09. The molecule has 0 aliphatic rings. The molecule has 144 valence electrons. The largest absolute Gasteiger partial charge is 0.492 e. The van der Waals surface area contributed by atoms with Crippen molar-refractivity contribution in [1.29, 1.82) is 0 Å². The van der Waals surface area contributed by atoms with Crippen molar-refractivity contribution in [2.24, 2.45) is 5.92 Å². The number of ether oxygens (including phenoxy) is 1. The van der Waals surface area contributed by atoms with Crippen LogP contribution in [0.5, 0.6) is 5.75 Å². The first-order valence-electron chi connectivity index (χ1n) is 9.35. The lowest BCUT2D eigenvalue weighted by Crippen LogP contribution is -2.07. The lowest BCUT2D eigenvalue weighted by molar-refractivity contribution is 0.0697. The van der Waals surface area contributed by atoms with Crippen LogP contribution in [0.15, 0.2) is 71.2 Å². The second-order valence-electron chi connectivity index (χ2n) is 6.90. The lowest BCUT2D eigenvalue weighted by Gasteiger charge is -2.13. The maximum absolute atomic E-state index is 11.5. The zero-order valence-corrected chi connectivity index (χ0v) is 17.6. The number of hydrogen-bond donors (Lipinski definition) is 1. The van der Waals surface area contributed by atoms with E-state index in [0.29, 0.717) is 18.1 Å². The molecule has 0 saturated heterocycles. The first-order valence-corrected chi connectivity index (χ1v) is 10.1. The van der Waals surface area contributed by atoms with Crippen LogP contribution in [-0.4, -0.2) is 17.7 Å². The molecule has 0 aliphatic carbocycles. The molecule has 0 aromatic heterocycles. The monoisotopic (exact) mass is 438 g/mol. The summed E-state index contributed by atoms with van der Waals surface area (Å²) >= 11 is 3.60. The third kappa shape index (κ3) is 4.63. The number of halogens is 1. The van der Waals surface area contributed by atoms with Gasteiger partial charge in [-0.2, -0.15) is 0 Å². The molecule has 0 spiro atoms. The van der Waals surface area contributed by atoms with Crippen LogP contribution in [0.4, 0.5) is 0 Å². The fourth-order valence-corrected chi connectivity index (χ4v) is 3.40. The number of carboxylic acid groups (broad SMARTS) is 1. The fraction of sp³-hybridized carbons (Fsp3) is 0.208. The Morgan fingerprint density at radius 2 is 1.64 bits per heavy atom. The minimum Gasteiger partial charge on any atom is -0.492 e. The van der Waals surface area contributed by atoms with Crippen molar-refractivity contribution in [2.75, 3.05) is 6.61 Å². The van der Waals surface area contributed by atoms with E-state index in [2.05, 4.69) is 29.8 Å². The molecule has 0 bridgehead atoms. The molecule has 3 nitrogen and oxygen atoms in total. The highest BCUT2D eigenvalue weighted by Crippen LogP contribution is 2.32. The molecule has 4 heteroatoms. The molecule has 3 rings (SSSR count). The summed E-state index contributed by atoms with van der Waals surface area (Å²) in [4.78, 5) is 11.5. The van der Waals surface area contributed by atoms with E-state index in [0.717, 1.165) is 38.9 Å². The molecule has 0 amide bonds. The topological polar surface area (TPSA) is 46.5 Å². The summed E-state index contributed by atoms with van der Waals surface area (Å²) in [5.41, 5.74) is 4.04. The normalized spacial score (nSPS) is 11.8. The molecule has 3 aromatic carbocycles. The number of hydrogen-bond acceptors (Lipinski definition) is 2. The van der Waals surface area contributed by atoms with Gasteiger partial charge in [0.15, 0.2) is 0 Å². The first kappa shape index (κ1) is 20.2.